The van der Waals surface area contributed by atoms with Gasteiger partial charge in [-0.05, 0) is 67.4 Å². The van der Waals surface area contributed by atoms with E-state index in [1.807, 2.05) is 0 Å². The summed E-state index contributed by atoms with van der Waals surface area (Å²) in [5.74, 6) is -2.78. The van der Waals surface area contributed by atoms with Crippen molar-refractivity contribution in [1.82, 2.24) is 0 Å². The van der Waals surface area contributed by atoms with Crippen molar-refractivity contribution in [3.8, 4) is 16.9 Å². The number of carboxylic acid groups (broad SMARTS) is 1. The average Bonchev–Trinajstić information content (AvgIpc) is 3.20. The second kappa shape index (κ2) is 10.1. The van der Waals surface area contributed by atoms with Gasteiger partial charge in [0.25, 0.3) is 5.91 Å². The average molecular weight is 564 g/mol. The molecule has 11 heteroatoms. The molecular formula is C30H21F4N3O4. The number of halogens is 4. The number of carbonyl (C=O) groups excluding carboxylic acids is 1. The number of anilines is 3. The molecule has 0 saturated carbocycles. The summed E-state index contributed by atoms with van der Waals surface area (Å²) in [5, 5.41) is 24.4. The third-order valence-electron chi connectivity index (χ3n) is 6.67. The number of carbonyl (C=O) groups is 2. The van der Waals surface area contributed by atoms with Crippen molar-refractivity contribution in [2.24, 2.45) is 5.10 Å². The molecule has 4 aromatic carbocycles. The van der Waals surface area contributed by atoms with Crippen molar-refractivity contribution in [3.05, 3.63) is 106 Å². The molecule has 0 spiro atoms. The molecule has 3 N–H and O–H groups in total. The minimum atomic E-state index is -4.70. The van der Waals surface area contributed by atoms with Crippen molar-refractivity contribution in [2.75, 3.05) is 10.3 Å². The van der Waals surface area contributed by atoms with Crippen LogP contribution >= 0.6 is 0 Å². The van der Waals surface area contributed by atoms with Gasteiger partial charge in [-0.25, -0.2) is 9.18 Å². The quantitative estimate of drug-likeness (QED) is 0.179. The lowest BCUT2D eigenvalue weighted by atomic mass is 9.99. The van der Waals surface area contributed by atoms with Gasteiger partial charge in [0, 0.05) is 16.7 Å². The normalized spacial score (nSPS) is 14.0. The van der Waals surface area contributed by atoms with E-state index in [0.717, 1.165) is 23.1 Å². The molecule has 0 unspecified atom stereocenters. The van der Waals surface area contributed by atoms with Gasteiger partial charge in [0.1, 0.15) is 11.6 Å². The number of hydrazone groups is 1. The SMILES string of the molecule is Cc1cc(N2C(=O)C(=NNc3c(C(=O)O)cccc3-c3ccccc3O)c3ccc(C(F)(F)F)cc32)cc(C)c1F. The highest BCUT2D eigenvalue weighted by Crippen LogP contribution is 2.42. The Morgan fingerprint density at radius 2 is 1.56 bits per heavy atom. The first-order valence-electron chi connectivity index (χ1n) is 12.2. The number of aromatic hydroxyl groups is 1. The van der Waals surface area contributed by atoms with Crippen LogP contribution in [0.4, 0.5) is 34.6 Å². The molecule has 0 saturated heterocycles. The van der Waals surface area contributed by atoms with Crippen LogP contribution in [0.2, 0.25) is 0 Å². The number of fused-ring (bicyclic) bond motifs is 1. The lowest BCUT2D eigenvalue weighted by molar-refractivity contribution is -0.137. The molecule has 7 nitrogen and oxygen atoms in total. The van der Waals surface area contributed by atoms with Crippen LogP contribution in [0, 0.1) is 19.7 Å². The monoisotopic (exact) mass is 563 g/mol. The third kappa shape index (κ3) is 4.86. The smallest absolute Gasteiger partial charge is 0.416 e. The molecule has 208 valence electrons. The Morgan fingerprint density at radius 1 is 0.902 bits per heavy atom. The Kier molecular flexibility index (Phi) is 6.74. The van der Waals surface area contributed by atoms with Gasteiger partial charge in [0.2, 0.25) is 0 Å². The first-order valence-corrected chi connectivity index (χ1v) is 12.2. The molecule has 0 fully saturated rings. The van der Waals surface area contributed by atoms with E-state index in [1.54, 1.807) is 24.3 Å². The maximum Gasteiger partial charge on any atom is 0.416 e. The number of aromatic carboxylic acids is 1. The Balaban J connectivity index is 1.68. The Morgan fingerprint density at radius 3 is 2.20 bits per heavy atom. The third-order valence-corrected chi connectivity index (χ3v) is 6.67. The van der Waals surface area contributed by atoms with E-state index in [9.17, 15) is 37.4 Å². The van der Waals surface area contributed by atoms with Crippen LogP contribution in [0.1, 0.15) is 32.6 Å². The second-order valence-corrected chi connectivity index (χ2v) is 9.39. The minimum Gasteiger partial charge on any atom is -0.507 e. The first kappa shape index (κ1) is 27.4. The summed E-state index contributed by atoms with van der Waals surface area (Å²) in [6.07, 6.45) is -4.70. The fraction of sp³-hybridized carbons (Fsp3) is 0.100. The van der Waals surface area contributed by atoms with Crippen LogP contribution in [0.5, 0.6) is 5.75 Å². The number of benzene rings is 4. The largest absolute Gasteiger partial charge is 0.507 e. The lowest BCUT2D eigenvalue weighted by Crippen LogP contribution is -2.26. The number of rotatable bonds is 5. The van der Waals surface area contributed by atoms with E-state index in [4.69, 9.17) is 0 Å². The summed E-state index contributed by atoms with van der Waals surface area (Å²) < 4.78 is 55.2. The van der Waals surface area contributed by atoms with Gasteiger partial charge in [-0.2, -0.15) is 18.3 Å². The van der Waals surface area contributed by atoms with Crippen molar-refractivity contribution >= 4 is 34.7 Å². The summed E-state index contributed by atoms with van der Waals surface area (Å²) in [7, 11) is 0. The van der Waals surface area contributed by atoms with Crippen molar-refractivity contribution in [2.45, 2.75) is 20.0 Å². The topological polar surface area (TPSA) is 102 Å². The number of phenolic OH excluding ortho intramolecular Hbond substituents is 1. The minimum absolute atomic E-state index is 0.0482. The second-order valence-electron chi connectivity index (χ2n) is 9.39. The van der Waals surface area contributed by atoms with E-state index < -0.39 is 29.4 Å². The number of hydrogen-bond acceptors (Lipinski definition) is 5. The predicted molar refractivity (Wildman–Crippen MR) is 145 cm³/mol. The molecule has 5 rings (SSSR count). The number of amides is 1. The molecule has 1 amide bonds. The number of aryl methyl sites for hydroxylation is 2. The number of alkyl halides is 3. The molecular weight excluding hydrogens is 542 g/mol. The predicted octanol–water partition coefficient (Wildman–Crippen LogP) is 7.03. The molecule has 0 radical (unpaired) electrons. The number of nitrogens with zero attached hydrogens (tertiary/aromatic N) is 2. The molecule has 0 atom stereocenters. The van der Waals surface area contributed by atoms with E-state index in [-0.39, 0.29) is 61.9 Å². The fourth-order valence-corrected chi connectivity index (χ4v) is 4.73. The molecule has 4 aromatic rings. The van der Waals surface area contributed by atoms with Crippen LogP contribution < -0.4 is 10.3 Å². The van der Waals surface area contributed by atoms with Crippen molar-refractivity contribution in [1.29, 1.82) is 0 Å². The van der Waals surface area contributed by atoms with Gasteiger partial charge in [-0.15, -0.1) is 0 Å². The van der Waals surface area contributed by atoms with Crippen molar-refractivity contribution in [3.63, 3.8) is 0 Å². The number of carboxylic acids is 1. The molecule has 0 aliphatic carbocycles. The standard InChI is InChI=1S/C30H21F4N3O4/c1-15-12-18(13-16(2)25(15)31)37-23-14-17(30(32,33)34)10-11-21(23)27(28(37)39)36-35-26-20(7-5-8-22(26)29(40)41)19-6-3-4-9-24(19)38/h3-14,35,38H,1-2H3,(H,40,41). The summed E-state index contributed by atoms with van der Waals surface area (Å²) in [6.45, 7) is 2.94. The first-order chi connectivity index (χ1) is 19.4. The van der Waals surface area contributed by atoms with Crippen molar-refractivity contribution < 1.29 is 37.4 Å². The Bertz CT molecular complexity index is 1740. The number of para-hydroxylation sites is 2. The summed E-state index contributed by atoms with van der Waals surface area (Å²) >= 11 is 0. The zero-order chi connectivity index (χ0) is 29.6. The van der Waals surface area contributed by atoms with Gasteiger partial charge >= 0.3 is 12.1 Å². The van der Waals surface area contributed by atoms with E-state index >= 15 is 0 Å². The summed E-state index contributed by atoms with van der Waals surface area (Å²) in [4.78, 5) is 26.8. The molecule has 1 heterocycles. The van der Waals surface area contributed by atoms with Gasteiger partial charge in [0.05, 0.1) is 28.2 Å². The zero-order valence-corrected chi connectivity index (χ0v) is 21.5. The molecule has 0 bridgehead atoms. The number of phenols is 1. The van der Waals surface area contributed by atoms with Gasteiger partial charge in [-0.1, -0.05) is 30.3 Å². The van der Waals surface area contributed by atoms with E-state index in [0.29, 0.717) is 0 Å². The molecule has 0 aromatic heterocycles. The van der Waals surface area contributed by atoms with Gasteiger partial charge < -0.3 is 10.2 Å². The van der Waals surface area contributed by atoms with Crippen LogP contribution in [0.15, 0.2) is 77.9 Å². The van der Waals surface area contributed by atoms with Gasteiger partial charge in [0.15, 0.2) is 5.71 Å². The highest BCUT2D eigenvalue weighted by Gasteiger charge is 2.39. The zero-order valence-electron chi connectivity index (χ0n) is 21.5. The number of hydrogen-bond donors (Lipinski definition) is 3. The van der Waals surface area contributed by atoms with Gasteiger partial charge in [-0.3, -0.25) is 15.1 Å². The van der Waals surface area contributed by atoms with Crippen LogP contribution in [-0.2, 0) is 11.0 Å². The molecule has 41 heavy (non-hydrogen) atoms. The van der Waals surface area contributed by atoms with E-state index in [2.05, 4.69) is 10.5 Å². The molecule has 1 aliphatic heterocycles. The summed E-state index contributed by atoms with van der Waals surface area (Å²) in [6, 6.07) is 15.9. The number of nitrogens with one attached hydrogen (secondary N) is 1. The Labute approximate surface area is 231 Å². The highest BCUT2D eigenvalue weighted by atomic mass is 19.4. The van der Waals surface area contributed by atoms with Crippen LogP contribution in [0.3, 0.4) is 0 Å². The van der Waals surface area contributed by atoms with Crippen LogP contribution in [-0.4, -0.2) is 27.8 Å². The fourth-order valence-electron chi connectivity index (χ4n) is 4.73. The van der Waals surface area contributed by atoms with E-state index in [1.165, 1.54) is 44.2 Å². The summed E-state index contributed by atoms with van der Waals surface area (Å²) in [5.41, 5.74) is 2.02. The van der Waals surface area contributed by atoms with Crippen LogP contribution in [0.25, 0.3) is 11.1 Å². The molecule has 1 aliphatic rings. The maximum atomic E-state index is 14.4. The highest BCUT2D eigenvalue weighted by molar-refractivity contribution is 6.55. The lowest BCUT2D eigenvalue weighted by Gasteiger charge is -2.20. The maximum absolute atomic E-state index is 14.4. The Hall–Kier alpha value is -5.19.